The molecule has 2 aromatic carbocycles. The molecule has 3 aromatic rings. The number of morpholine rings is 1. The first kappa shape index (κ1) is 20.2. The number of hydrogen-bond donors (Lipinski definition) is 3. The van der Waals surface area contributed by atoms with Gasteiger partial charge in [0.15, 0.2) is 0 Å². The van der Waals surface area contributed by atoms with Gasteiger partial charge in [0.25, 0.3) is 5.56 Å². The number of H-pyrrole nitrogens is 1. The molecule has 0 saturated carbocycles. The number of aromatic nitrogens is 2. The first-order valence-electron chi connectivity index (χ1n) is 10.0. The third-order valence-corrected chi connectivity index (χ3v) is 5.51. The summed E-state index contributed by atoms with van der Waals surface area (Å²) in [5.41, 5.74) is 1.23. The van der Waals surface area contributed by atoms with Crippen molar-refractivity contribution in [1.82, 2.24) is 15.5 Å². The van der Waals surface area contributed by atoms with Gasteiger partial charge in [0.05, 0.1) is 37.3 Å². The summed E-state index contributed by atoms with van der Waals surface area (Å²) in [6.45, 7) is 3.39. The Hall–Kier alpha value is -3.10. The van der Waals surface area contributed by atoms with E-state index in [0.717, 1.165) is 18.7 Å². The van der Waals surface area contributed by atoms with E-state index in [4.69, 9.17) is 4.74 Å². The molecule has 0 aliphatic carbocycles. The molecule has 3 N–H and O–H groups in total. The Labute approximate surface area is 172 Å². The minimum atomic E-state index is -0.283. The molecular formula is C22H24FN4O3+. The zero-order chi connectivity index (χ0) is 20.9. The van der Waals surface area contributed by atoms with Gasteiger partial charge < -0.3 is 15.0 Å². The largest absolute Gasteiger partial charge is 0.370 e. The summed E-state index contributed by atoms with van der Waals surface area (Å²) in [7, 11) is 0. The lowest BCUT2D eigenvalue weighted by molar-refractivity contribution is -0.937. The van der Waals surface area contributed by atoms with Gasteiger partial charge in [-0.1, -0.05) is 30.3 Å². The van der Waals surface area contributed by atoms with Gasteiger partial charge in [-0.3, -0.25) is 9.59 Å². The number of nitrogens with one attached hydrogen (secondary N) is 3. The lowest BCUT2D eigenvalue weighted by Crippen LogP contribution is -3.15. The van der Waals surface area contributed by atoms with Crippen molar-refractivity contribution in [2.24, 2.45) is 0 Å². The molecule has 0 radical (unpaired) electrons. The van der Waals surface area contributed by atoms with E-state index in [1.54, 1.807) is 30.3 Å². The van der Waals surface area contributed by atoms with Crippen molar-refractivity contribution in [3.63, 3.8) is 0 Å². The molecule has 1 aliphatic rings. The number of fused-ring (bicyclic) bond motifs is 1. The number of halogens is 1. The molecule has 2 heterocycles. The van der Waals surface area contributed by atoms with E-state index in [9.17, 15) is 14.0 Å². The first-order valence-corrected chi connectivity index (χ1v) is 10.0. The van der Waals surface area contributed by atoms with Crippen molar-refractivity contribution < 1.29 is 18.8 Å². The average molecular weight is 411 g/mol. The van der Waals surface area contributed by atoms with Gasteiger partial charge in [0.1, 0.15) is 24.9 Å². The number of quaternary nitrogens is 1. The van der Waals surface area contributed by atoms with Crippen LogP contribution >= 0.6 is 0 Å². The van der Waals surface area contributed by atoms with Gasteiger partial charge >= 0.3 is 0 Å². The molecular weight excluding hydrogens is 387 g/mol. The molecule has 1 saturated heterocycles. The zero-order valence-corrected chi connectivity index (χ0v) is 16.5. The Bertz CT molecular complexity index is 1080. The predicted octanol–water partition coefficient (Wildman–Crippen LogP) is 0.377. The summed E-state index contributed by atoms with van der Waals surface area (Å²) >= 11 is 0. The van der Waals surface area contributed by atoms with Gasteiger partial charge in [-0.25, -0.2) is 9.49 Å². The summed E-state index contributed by atoms with van der Waals surface area (Å²) in [5.74, 6) is -0.464. The standard InChI is InChI=1S/C22H23FN4O3/c23-16-7-5-15(6-8-16)20(27-9-11-30-12-10-27)14-24-21(28)13-19-17-3-1-2-4-18(17)22(29)26-25-19/h1-8,20H,9-14H2,(H,24,28)(H,26,29)/p+1/t20-/m0/s1. The maximum Gasteiger partial charge on any atom is 0.272 e. The summed E-state index contributed by atoms with van der Waals surface area (Å²) in [6, 6.07) is 13.5. The normalized spacial score (nSPS) is 15.8. The van der Waals surface area contributed by atoms with Crippen LogP contribution in [0.2, 0.25) is 0 Å². The zero-order valence-electron chi connectivity index (χ0n) is 16.5. The summed E-state index contributed by atoms with van der Waals surface area (Å²) in [4.78, 5) is 25.9. The maximum atomic E-state index is 13.4. The van der Waals surface area contributed by atoms with Crippen LogP contribution in [0.25, 0.3) is 10.8 Å². The van der Waals surface area contributed by atoms with Crippen molar-refractivity contribution in [1.29, 1.82) is 0 Å². The second-order valence-corrected chi connectivity index (χ2v) is 7.40. The molecule has 156 valence electrons. The summed E-state index contributed by atoms with van der Waals surface area (Å²) in [6.07, 6.45) is 0.0614. The van der Waals surface area contributed by atoms with Crippen molar-refractivity contribution >= 4 is 16.7 Å². The van der Waals surface area contributed by atoms with Crippen molar-refractivity contribution in [3.8, 4) is 0 Å². The number of rotatable bonds is 6. The van der Waals surface area contributed by atoms with Crippen LogP contribution in [0.15, 0.2) is 53.3 Å². The molecule has 0 spiro atoms. The highest BCUT2D eigenvalue weighted by molar-refractivity contribution is 5.88. The fourth-order valence-electron chi connectivity index (χ4n) is 3.91. The highest BCUT2D eigenvalue weighted by atomic mass is 19.1. The Morgan fingerprint density at radius 3 is 2.57 bits per heavy atom. The molecule has 1 aliphatic heterocycles. The molecule has 1 atom stereocenters. The number of ether oxygens (including phenoxy) is 1. The smallest absolute Gasteiger partial charge is 0.272 e. The van der Waals surface area contributed by atoms with Gasteiger partial charge in [-0.15, -0.1) is 0 Å². The fraction of sp³-hybridized carbons (Fsp3) is 0.318. The summed E-state index contributed by atoms with van der Waals surface area (Å²) < 4.78 is 18.8. The number of carbonyl (C=O) groups is 1. The minimum absolute atomic E-state index is 0.00117. The fourth-order valence-corrected chi connectivity index (χ4v) is 3.91. The monoisotopic (exact) mass is 411 g/mol. The summed E-state index contributed by atoms with van der Waals surface area (Å²) in [5, 5.41) is 10.7. The molecule has 1 fully saturated rings. The van der Waals surface area contributed by atoms with Crippen LogP contribution in [0, 0.1) is 5.82 Å². The molecule has 1 amide bonds. The molecule has 8 heteroatoms. The Morgan fingerprint density at radius 1 is 1.13 bits per heavy atom. The highest BCUT2D eigenvalue weighted by Crippen LogP contribution is 2.14. The predicted molar refractivity (Wildman–Crippen MR) is 110 cm³/mol. The second kappa shape index (κ2) is 9.15. The van der Waals surface area contributed by atoms with E-state index in [2.05, 4.69) is 15.5 Å². The highest BCUT2D eigenvalue weighted by Gasteiger charge is 2.27. The van der Waals surface area contributed by atoms with Crippen LogP contribution < -0.4 is 15.8 Å². The third kappa shape index (κ3) is 4.55. The molecule has 0 unspecified atom stereocenters. The third-order valence-electron chi connectivity index (χ3n) is 5.51. The molecule has 4 rings (SSSR count). The van der Waals surface area contributed by atoms with Crippen molar-refractivity contribution in [3.05, 3.63) is 76.0 Å². The number of aromatic amines is 1. The van der Waals surface area contributed by atoms with Crippen LogP contribution in [0.4, 0.5) is 4.39 Å². The average Bonchev–Trinajstić information content (AvgIpc) is 2.78. The Morgan fingerprint density at radius 2 is 1.83 bits per heavy atom. The van der Waals surface area contributed by atoms with Crippen LogP contribution in [0.5, 0.6) is 0 Å². The van der Waals surface area contributed by atoms with Gasteiger partial charge in [-0.2, -0.15) is 5.10 Å². The quantitative estimate of drug-likeness (QED) is 0.547. The number of nitrogens with zero attached hydrogens (tertiary/aromatic N) is 1. The number of carbonyl (C=O) groups excluding carboxylic acids is 1. The maximum absolute atomic E-state index is 13.4. The number of benzene rings is 2. The van der Waals surface area contributed by atoms with Crippen LogP contribution in [0.3, 0.4) is 0 Å². The first-order chi connectivity index (χ1) is 14.6. The molecule has 0 bridgehead atoms. The second-order valence-electron chi connectivity index (χ2n) is 7.40. The van der Waals surface area contributed by atoms with Gasteiger partial charge in [0, 0.05) is 10.9 Å². The lowest BCUT2D eigenvalue weighted by Gasteiger charge is -2.32. The molecule has 1 aromatic heterocycles. The van der Waals surface area contributed by atoms with E-state index in [1.807, 2.05) is 6.07 Å². The Balaban J connectivity index is 1.48. The molecule has 7 nitrogen and oxygen atoms in total. The van der Waals surface area contributed by atoms with Crippen molar-refractivity contribution in [2.45, 2.75) is 12.5 Å². The van der Waals surface area contributed by atoms with Crippen molar-refractivity contribution in [2.75, 3.05) is 32.8 Å². The van der Waals surface area contributed by atoms with E-state index >= 15 is 0 Å². The van der Waals surface area contributed by atoms with Gasteiger partial charge in [-0.05, 0) is 18.2 Å². The lowest BCUT2D eigenvalue weighted by atomic mass is 10.0. The van der Waals surface area contributed by atoms with E-state index in [-0.39, 0.29) is 29.7 Å². The Kier molecular flexibility index (Phi) is 6.15. The van der Waals surface area contributed by atoms with Crippen LogP contribution in [-0.2, 0) is 16.0 Å². The van der Waals surface area contributed by atoms with E-state index < -0.39 is 0 Å². The SMILES string of the molecule is O=C(Cc1n[nH]c(=O)c2ccccc12)NC[C@@H](c1ccc(F)cc1)[NH+]1CCOCC1. The van der Waals surface area contributed by atoms with Crippen LogP contribution in [0.1, 0.15) is 17.3 Å². The van der Waals surface area contributed by atoms with Crippen LogP contribution in [-0.4, -0.2) is 49.0 Å². The van der Waals surface area contributed by atoms with E-state index in [0.29, 0.717) is 36.2 Å². The number of amides is 1. The molecule has 30 heavy (non-hydrogen) atoms. The topological polar surface area (TPSA) is 88.5 Å². The van der Waals surface area contributed by atoms with E-state index in [1.165, 1.54) is 17.0 Å². The van der Waals surface area contributed by atoms with Gasteiger partial charge in [0.2, 0.25) is 5.91 Å². The number of hydrogen-bond acceptors (Lipinski definition) is 4. The minimum Gasteiger partial charge on any atom is -0.370 e.